The molecule has 0 spiro atoms. The van der Waals surface area contributed by atoms with Gasteiger partial charge in [0.2, 0.25) is 5.91 Å². The van der Waals surface area contributed by atoms with E-state index in [0.29, 0.717) is 0 Å². The van der Waals surface area contributed by atoms with E-state index in [1.54, 1.807) is 12.1 Å². The summed E-state index contributed by atoms with van der Waals surface area (Å²) in [5.74, 6) is 0.530. The Hall–Kier alpha value is -1.55. The Kier molecular flexibility index (Phi) is 5.62. The third kappa shape index (κ3) is 5.05. The van der Waals surface area contributed by atoms with Crippen LogP contribution in [-0.2, 0) is 11.2 Å². The molecular formula is C17H26N2O2. The molecule has 3 atom stereocenters. The maximum Gasteiger partial charge on any atom is 0.223 e. The molecule has 1 aliphatic carbocycles. The molecule has 4 heteroatoms. The Morgan fingerprint density at radius 3 is 2.76 bits per heavy atom. The van der Waals surface area contributed by atoms with Gasteiger partial charge in [-0.3, -0.25) is 4.79 Å². The van der Waals surface area contributed by atoms with Crippen LogP contribution in [0.5, 0.6) is 5.75 Å². The topological polar surface area (TPSA) is 75.3 Å². The lowest BCUT2D eigenvalue weighted by atomic mass is 9.85. The smallest absolute Gasteiger partial charge is 0.223 e. The van der Waals surface area contributed by atoms with Crippen LogP contribution in [0.2, 0.25) is 0 Å². The number of carbonyl (C=O) groups excluding carboxylic acids is 1. The zero-order valence-electron chi connectivity index (χ0n) is 12.7. The lowest BCUT2D eigenvalue weighted by molar-refractivity contribution is -0.126. The van der Waals surface area contributed by atoms with E-state index in [9.17, 15) is 9.90 Å². The van der Waals surface area contributed by atoms with Crippen molar-refractivity contribution in [3.05, 3.63) is 29.8 Å². The van der Waals surface area contributed by atoms with E-state index in [0.717, 1.165) is 38.5 Å². The first-order chi connectivity index (χ1) is 10.0. The normalized spacial score (nSPS) is 23.5. The predicted octanol–water partition coefficient (Wildman–Crippen LogP) is 2.35. The second kappa shape index (κ2) is 7.46. The minimum absolute atomic E-state index is 0.0878. The molecule has 4 N–H and O–H groups in total. The van der Waals surface area contributed by atoms with Gasteiger partial charge in [0, 0.05) is 18.0 Å². The Labute approximate surface area is 126 Å². The van der Waals surface area contributed by atoms with Gasteiger partial charge in [0.05, 0.1) is 0 Å². The fourth-order valence-electron chi connectivity index (χ4n) is 2.94. The van der Waals surface area contributed by atoms with Crippen molar-refractivity contribution in [2.75, 3.05) is 0 Å². The summed E-state index contributed by atoms with van der Waals surface area (Å²) in [6.07, 6.45) is 5.67. The molecule has 1 aromatic carbocycles. The molecule has 3 unspecified atom stereocenters. The summed E-state index contributed by atoms with van der Waals surface area (Å²) in [6, 6.07) is 7.57. The van der Waals surface area contributed by atoms with Crippen LogP contribution in [0.15, 0.2) is 24.3 Å². The van der Waals surface area contributed by atoms with Crippen LogP contribution in [0.25, 0.3) is 0 Å². The first-order valence-electron chi connectivity index (χ1n) is 7.88. The van der Waals surface area contributed by atoms with Gasteiger partial charge in [0.1, 0.15) is 5.75 Å². The number of hydrogen-bond donors (Lipinski definition) is 3. The molecule has 1 aliphatic rings. The number of phenolic OH excluding ortho intramolecular Hbond substituents is 1. The Morgan fingerprint density at radius 2 is 2.10 bits per heavy atom. The van der Waals surface area contributed by atoms with Crippen LogP contribution in [0.3, 0.4) is 0 Å². The van der Waals surface area contributed by atoms with Gasteiger partial charge in [-0.2, -0.15) is 0 Å². The Balaban J connectivity index is 1.74. The monoisotopic (exact) mass is 290 g/mol. The SMILES string of the molecule is CC(CCc1ccc(O)cc1)NC(=O)C1CCCC(N)C1. The molecule has 0 heterocycles. The van der Waals surface area contributed by atoms with Gasteiger partial charge < -0.3 is 16.2 Å². The molecule has 0 saturated heterocycles. The fourth-order valence-corrected chi connectivity index (χ4v) is 2.94. The van der Waals surface area contributed by atoms with E-state index < -0.39 is 0 Å². The van der Waals surface area contributed by atoms with Crippen molar-refractivity contribution in [3.8, 4) is 5.75 Å². The van der Waals surface area contributed by atoms with Crippen molar-refractivity contribution in [2.24, 2.45) is 11.7 Å². The number of benzene rings is 1. The van der Waals surface area contributed by atoms with E-state index in [4.69, 9.17) is 5.73 Å². The molecule has 116 valence electrons. The van der Waals surface area contributed by atoms with Crippen molar-refractivity contribution in [1.82, 2.24) is 5.32 Å². The number of amides is 1. The van der Waals surface area contributed by atoms with E-state index in [-0.39, 0.29) is 29.7 Å². The first-order valence-corrected chi connectivity index (χ1v) is 7.88. The summed E-state index contributed by atoms with van der Waals surface area (Å²) in [6.45, 7) is 2.04. The summed E-state index contributed by atoms with van der Waals surface area (Å²) in [4.78, 5) is 12.2. The third-order valence-electron chi connectivity index (χ3n) is 4.28. The van der Waals surface area contributed by atoms with Crippen LogP contribution in [0.1, 0.15) is 44.6 Å². The zero-order valence-corrected chi connectivity index (χ0v) is 12.7. The van der Waals surface area contributed by atoms with Crippen LogP contribution >= 0.6 is 0 Å². The number of carbonyl (C=O) groups is 1. The summed E-state index contributed by atoms with van der Waals surface area (Å²) < 4.78 is 0. The summed E-state index contributed by atoms with van der Waals surface area (Å²) in [7, 11) is 0. The average Bonchev–Trinajstić information content (AvgIpc) is 2.46. The molecule has 1 saturated carbocycles. The van der Waals surface area contributed by atoms with Gasteiger partial charge in [-0.05, 0) is 56.7 Å². The first kappa shape index (κ1) is 15.8. The number of hydrogen-bond acceptors (Lipinski definition) is 3. The Bertz CT molecular complexity index is 458. The zero-order chi connectivity index (χ0) is 15.2. The Morgan fingerprint density at radius 1 is 1.38 bits per heavy atom. The van der Waals surface area contributed by atoms with Gasteiger partial charge in [-0.1, -0.05) is 18.6 Å². The van der Waals surface area contributed by atoms with Crippen LogP contribution in [0.4, 0.5) is 0 Å². The molecule has 0 aromatic heterocycles. The highest BCUT2D eigenvalue weighted by atomic mass is 16.3. The maximum absolute atomic E-state index is 12.2. The van der Waals surface area contributed by atoms with Crippen molar-refractivity contribution in [3.63, 3.8) is 0 Å². The van der Waals surface area contributed by atoms with E-state index in [1.807, 2.05) is 19.1 Å². The summed E-state index contributed by atoms with van der Waals surface area (Å²) in [5.41, 5.74) is 7.11. The highest BCUT2D eigenvalue weighted by Gasteiger charge is 2.25. The number of nitrogens with one attached hydrogen (secondary N) is 1. The second-order valence-corrected chi connectivity index (χ2v) is 6.24. The molecule has 0 aliphatic heterocycles. The number of rotatable bonds is 5. The molecule has 21 heavy (non-hydrogen) atoms. The lowest BCUT2D eigenvalue weighted by Gasteiger charge is -2.27. The van der Waals surface area contributed by atoms with Gasteiger partial charge in [0.25, 0.3) is 0 Å². The van der Waals surface area contributed by atoms with Crippen LogP contribution in [0, 0.1) is 5.92 Å². The highest BCUT2D eigenvalue weighted by Crippen LogP contribution is 2.23. The lowest BCUT2D eigenvalue weighted by Crippen LogP contribution is -2.41. The summed E-state index contributed by atoms with van der Waals surface area (Å²) >= 11 is 0. The highest BCUT2D eigenvalue weighted by molar-refractivity contribution is 5.79. The summed E-state index contributed by atoms with van der Waals surface area (Å²) in [5, 5.41) is 12.4. The van der Waals surface area contributed by atoms with Crippen LogP contribution < -0.4 is 11.1 Å². The minimum atomic E-state index is 0.0878. The largest absolute Gasteiger partial charge is 0.508 e. The second-order valence-electron chi connectivity index (χ2n) is 6.24. The van der Waals surface area contributed by atoms with Crippen molar-refractivity contribution >= 4 is 5.91 Å². The predicted molar refractivity (Wildman–Crippen MR) is 84.0 cm³/mol. The van der Waals surface area contributed by atoms with Gasteiger partial charge in [-0.25, -0.2) is 0 Å². The fraction of sp³-hybridized carbons (Fsp3) is 0.588. The number of nitrogens with two attached hydrogens (primary N) is 1. The average molecular weight is 290 g/mol. The molecular weight excluding hydrogens is 264 g/mol. The van der Waals surface area contributed by atoms with Gasteiger partial charge >= 0.3 is 0 Å². The van der Waals surface area contributed by atoms with E-state index >= 15 is 0 Å². The van der Waals surface area contributed by atoms with Crippen LogP contribution in [-0.4, -0.2) is 23.1 Å². The van der Waals surface area contributed by atoms with Gasteiger partial charge in [-0.15, -0.1) is 0 Å². The van der Waals surface area contributed by atoms with Crippen molar-refractivity contribution in [1.29, 1.82) is 0 Å². The van der Waals surface area contributed by atoms with Crippen molar-refractivity contribution < 1.29 is 9.90 Å². The molecule has 1 fully saturated rings. The molecule has 2 rings (SSSR count). The molecule has 0 bridgehead atoms. The molecule has 0 radical (unpaired) electrons. The van der Waals surface area contributed by atoms with E-state index in [1.165, 1.54) is 5.56 Å². The molecule has 4 nitrogen and oxygen atoms in total. The third-order valence-corrected chi connectivity index (χ3v) is 4.28. The number of aromatic hydroxyl groups is 1. The maximum atomic E-state index is 12.2. The van der Waals surface area contributed by atoms with Gasteiger partial charge in [0.15, 0.2) is 0 Å². The van der Waals surface area contributed by atoms with Crippen molar-refractivity contribution in [2.45, 2.75) is 57.5 Å². The minimum Gasteiger partial charge on any atom is -0.508 e. The van der Waals surface area contributed by atoms with E-state index in [2.05, 4.69) is 5.32 Å². The number of aryl methyl sites for hydroxylation is 1. The quantitative estimate of drug-likeness (QED) is 0.779. The number of phenols is 1. The molecule has 1 aromatic rings. The molecule has 1 amide bonds. The standard InChI is InChI=1S/C17H26N2O2/c1-12(5-6-13-7-9-16(20)10-8-13)19-17(21)14-3-2-4-15(18)11-14/h7-10,12,14-15,20H,2-6,11,18H2,1H3,(H,19,21).